The SMILES string of the molecule is CON=C(C(=O)Cl)c1csc(NC(=O)CCl)n1.O. The normalized spacial score (nSPS) is 10.5. The maximum absolute atomic E-state index is 11.0. The molecular formula is C8H9Cl2N3O4S. The quantitative estimate of drug-likeness (QED) is 0.371. The van der Waals surface area contributed by atoms with Gasteiger partial charge in [-0.15, -0.1) is 22.9 Å². The average molecular weight is 314 g/mol. The van der Waals surface area contributed by atoms with Gasteiger partial charge in [0.25, 0.3) is 5.24 Å². The molecule has 0 saturated carbocycles. The van der Waals surface area contributed by atoms with Gasteiger partial charge in [-0.3, -0.25) is 9.59 Å². The van der Waals surface area contributed by atoms with E-state index in [2.05, 4.69) is 20.3 Å². The highest BCUT2D eigenvalue weighted by Crippen LogP contribution is 2.17. The second-order valence-corrected chi connectivity index (χ2v) is 4.08. The monoisotopic (exact) mass is 313 g/mol. The molecule has 0 aliphatic carbocycles. The van der Waals surface area contributed by atoms with Gasteiger partial charge in [-0.2, -0.15) is 0 Å². The van der Waals surface area contributed by atoms with Crippen LogP contribution in [0, 0.1) is 0 Å². The molecule has 1 heterocycles. The van der Waals surface area contributed by atoms with Gasteiger partial charge in [0, 0.05) is 5.38 Å². The van der Waals surface area contributed by atoms with Crippen molar-refractivity contribution in [3.8, 4) is 0 Å². The number of rotatable bonds is 5. The topological polar surface area (TPSA) is 112 Å². The third-order valence-electron chi connectivity index (χ3n) is 1.48. The van der Waals surface area contributed by atoms with E-state index in [1.807, 2.05) is 0 Å². The second-order valence-electron chi connectivity index (χ2n) is 2.62. The number of anilines is 1. The number of amides is 1. The number of hydrogen-bond donors (Lipinski definition) is 1. The zero-order valence-electron chi connectivity index (χ0n) is 9.07. The first-order chi connectivity index (χ1) is 8.08. The summed E-state index contributed by atoms with van der Waals surface area (Å²) in [6, 6.07) is 0. The van der Waals surface area contributed by atoms with Crippen molar-refractivity contribution < 1.29 is 19.9 Å². The molecule has 0 aromatic carbocycles. The average Bonchev–Trinajstić information content (AvgIpc) is 2.73. The zero-order valence-corrected chi connectivity index (χ0v) is 11.4. The van der Waals surface area contributed by atoms with Crippen molar-refractivity contribution >= 4 is 56.5 Å². The van der Waals surface area contributed by atoms with Crippen LogP contribution in [-0.4, -0.2) is 40.3 Å². The van der Waals surface area contributed by atoms with Crippen molar-refractivity contribution in [2.45, 2.75) is 0 Å². The lowest BCUT2D eigenvalue weighted by atomic mass is 10.3. The van der Waals surface area contributed by atoms with Gasteiger partial charge < -0.3 is 15.6 Å². The Morgan fingerprint density at radius 1 is 1.61 bits per heavy atom. The smallest absolute Gasteiger partial charge is 0.276 e. The number of carbonyl (C=O) groups is 2. The first-order valence-corrected chi connectivity index (χ1v) is 6.00. The number of aromatic nitrogens is 1. The van der Waals surface area contributed by atoms with Crippen LogP contribution in [0.15, 0.2) is 10.5 Å². The molecule has 0 bridgehead atoms. The molecule has 0 aliphatic heterocycles. The summed E-state index contributed by atoms with van der Waals surface area (Å²) in [6.07, 6.45) is 0. The summed E-state index contributed by atoms with van der Waals surface area (Å²) < 4.78 is 0. The molecule has 0 atom stereocenters. The molecule has 10 heteroatoms. The molecule has 1 amide bonds. The van der Waals surface area contributed by atoms with Gasteiger partial charge in [0.2, 0.25) is 5.91 Å². The van der Waals surface area contributed by atoms with E-state index in [1.54, 1.807) is 0 Å². The van der Waals surface area contributed by atoms with E-state index in [0.717, 1.165) is 11.3 Å². The lowest BCUT2D eigenvalue weighted by Gasteiger charge is -1.96. The van der Waals surface area contributed by atoms with Crippen LogP contribution in [0.2, 0.25) is 0 Å². The van der Waals surface area contributed by atoms with Crippen LogP contribution in [0.5, 0.6) is 0 Å². The number of halogens is 2. The van der Waals surface area contributed by atoms with Crippen molar-refractivity contribution in [2.75, 3.05) is 18.3 Å². The number of alkyl halides is 1. The lowest BCUT2D eigenvalue weighted by molar-refractivity contribution is -0.114. The number of nitrogens with zero attached hydrogens (tertiary/aromatic N) is 2. The van der Waals surface area contributed by atoms with Crippen molar-refractivity contribution in [3.05, 3.63) is 11.1 Å². The predicted octanol–water partition coefficient (Wildman–Crippen LogP) is 0.612. The van der Waals surface area contributed by atoms with Crippen LogP contribution in [0.25, 0.3) is 0 Å². The van der Waals surface area contributed by atoms with Gasteiger partial charge in [-0.25, -0.2) is 4.98 Å². The molecule has 0 radical (unpaired) electrons. The van der Waals surface area contributed by atoms with Gasteiger partial charge in [-0.1, -0.05) is 5.16 Å². The summed E-state index contributed by atoms with van der Waals surface area (Å²) in [4.78, 5) is 30.4. The first kappa shape index (κ1) is 16.8. The lowest BCUT2D eigenvalue weighted by Crippen LogP contribution is -2.14. The summed E-state index contributed by atoms with van der Waals surface area (Å²) >= 11 is 11.7. The predicted molar refractivity (Wildman–Crippen MR) is 69.5 cm³/mol. The Morgan fingerprint density at radius 2 is 2.28 bits per heavy atom. The Bertz CT molecular complexity index is 463. The third-order valence-corrected chi connectivity index (χ3v) is 2.66. The van der Waals surface area contributed by atoms with E-state index in [9.17, 15) is 9.59 Å². The minimum Gasteiger partial charge on any atom is -0.412 e. The molecule has 1 rings (SSSR count). The number of carbonyl (C=O) groups excluding carboxylic acids is 2. The van der Waals surface area contributed by atoms with Crippen LogP contribution < -0.4 is 5.32 Å². The molecule has 1 aromatic heterocycles. The number of thiazole rings is 1. The van der Waals surface area contributed by atoms with Crippen LogP contribution in [0.4, 0.5) is 5.13 Å². The fourth-order valence-electron chi connectivity index (χ4n) is 0.867. The number of oxime groups is 1. The minimum absolute atomic E-state index is 0. The highest BCUT2D eigenvalue weighted by Gasteiger charge is 2.17. The van der Waals surface area contributed by atoms with Crippen molar-refractivity contribution in [1.29, 1.82) is 0 Å². The van der Waals surface area contributed by atoms with Gasteiger partial charge in [-0.05, 0) is 11.6 Å². The Hall–Kier alpha value is -1.22. The molecule has 0 unspecified atom stereocenters. The van der Waals surface area contributed by atoms with E-state index in [4.69, 9.17) is 23.2 Å². The molecule has 3 N–H and O–H groups in total. The van der Waals surface area contributed by atoms with E-state index in [0.29, 0.717) is 5.13 Å². The standard InChI is InChI=1S/C8H7Cl2N3O3S.H2O/c1-16-13-6(7(10)15)4-3-17-8(11-4)12-5(14)2-9;/h3H,2H2,1H3,(H,11,12,14);1H2. The van der Waals surface area contributed by atoms with Crippen LogP contribution in [-0.2, 0) is 14.4 Å². The molecule has 100 valence electrons. The summed E-state index contributed by atoms with van der Waals surface area (Å²) in [5.74, 6) is -0.572. The van der Waals surface area contributed by atoms with Crippen molar-refractivity contribution in [3.63, 3.8) is 0 Å². The van der Waals surface area contributed by atoms with Crippen LogP contribution >= 0.6 is 34.5 Å². The molecule has 0 aliphatic rings. The summed E-state index contributed by atoms with van der Waals surface area (Å²) in [5.41, 5.74) is 0.0958. The maximum atomic E-state index is 11.0. The van der Waals surface area contributed by atoms with E-state index in [1.165, 1.54) is 12.5 Å². The van der Waals surface area contributed by atoms with Crippen LogP contribution in [0.3, 0.4) is 0 Å². The zero-order chi connectivity index (χ0) is 12.8. The molecular weight excluding hydrogens is 305 g/mol. The van der Waals surface area contributed by atoms with Crippen LogP contribution in [0.1, 0.15) is 5.69 Å². The summed E-state index contributed by atoms with van der Waals surface area (Å²) in [5, 5.41) is 6.90. The molecule has 0 spiro atoms. The van der Waals surface area contributed by atoms with Crippen molar-refractivity contribution in [1.82, 2.24) is 4.98 Å². The molecule has 18 heavy (non-hydrogen) atoms. The number of nitrogens with one attached hydrogen (secondary N) is 1. The summed E-state index contributed by atoms with van der Waals surface area (Å²) in [7, 11) is 1.28. The Balaban J connectivity index is 0.00000289. The van der Waals surface area contributed by atoms with E-state index >= 15 is 0 Å². The van der Waals surface area contributed by atoms with Gasteiger partial charge in [0.15, 0.2) is 10.8 Å². The second kappa shape index (κ2) is 7.98. The molecule has 0 saturated heterocycles. The highest BCUT2D eigenvalue weighted by atomic mass is 35.5. The maximum Gasteiger partial charge on any atom is 0.276 e. The Morgan fingerprint density at radius 3 is 2.78 bits per heavy atom. The fraction of sp³-hybridized carbons (Fsp3) is 0.250. The van der Waals surface area contributed by atoms with Crippen molar-refractivity contribution in [2.24, 2.45) is 5.16 Å². The van der Waals surface area contributed by atoms with E-state index in [-0.39, 0.29) is 22.8 Å². The molecule has 7 nitrogen and oxygen atoms in total. The van der Waals surface area contributed by atoms with E-state index < -0.39 is 11.1 Å². The van der Waals surface area contributed by atoms with Gasteiger partial charge in [0.1, 0.15) is 18.7 Å². The van der Waals surface area contributed by atoms with Gasteiger partial charge >= 0.3 is 0 Å². The first-order valence-electron chi connectivity index (χ1n) is 4.21. The fourth-order valence-corrected chi connectivity index (χ4v) is 1.78. The van der Waals surface area contributed by atoms with Gasteiger partial charge in [0.05, 0.1) is 0 Å². The Labute approximate surface area is 116 Å². The largest absolute Gasteiger partial charge is 0.412 e. The molecule has 0 fully saturated rings. The number of hydrogen-bond acceptors (Lipinski definition) is 6. The highest BCUT2D eigenvalue weighted by molar-refractivity contribution is 7.14. The summed E-state index contributed by atoms with van der Waals surface area (Å²) in [6.45, 7) is 0. The minimum atomic E-state index is -0.799. The molecule has 1 aromatic rings. The Kier molecular flexibility index (Phi) is 7.44. The third kappa shape index (κ3) is 4.57.